The van der Waals surface area contributed by atoms with Gasteiger partial charge in [0.15, 0.2) is 0 Å². The molecule has 0 bridgehead atoms. The third kappa shape index (κ3) is 3.46. The van der Waals surface area contributed by atoms with Crippen molar-refractivity contribution in [1.82, 2.24) is 4.31 Å². The SMILES string of the molecule is Cc1ccc(S(=O)(=O)N2CCCC2C(=O)N2c3ccc(Cl)c(Cl)c3CC2C)cc1. The van der Waals surface area contributed by atoms with E-state index >= 15 is 0 Å². The molecule has 29 heavy (non-hydrogen) atoms. The number of anilines is 1. The Morgan fingerprint density at radius 3 is 2.48 bits per heavy atom. The van der Waals surface area contributed by atoms with Gasteiger partial charge in [0, 0.05) is 18.3 Å². The Bertz CT molecular complexity index is 1070. The Balaban J connectivity index is 1.67. The van der Waals surface area contributed by atoms with Gasteiger partial charge in [0.05, 0.1) is 14.9 Å². The fourth-order valence-electron chi connectivity index (χ4n) is 4.24. The lowest BCUT2D eigenvalue weighted by Gasteiger charge is -2.30. The number of hydrogen-bond acceptors (Lipinski definition) is 3. The first kappa shape index (κ1) is 20.7. The van der Waals surface area contributed by atoms with Gasteiger partial charge in [0.2, 0.25) is 15.9 Å². The van der Waals surface area contributed by atoms with Gasteiger partial charge in [0.1, 0.15) is 6.04 Å². The van der Waals surface area contributed by atoms with Crippen LogP contribution in [0.15, 0.2) is 41.3 Å². The molecule has 5 nitrogen and oxygen atoms in total. The molecule has 2 heterocycles. The number of halogens is 2. The summed E-state index contributed by atoms with van der Waals surface area (Å²) in [6.07, 6.45) is 1.75. The Kier molecular flexibility index (Phi) is 5.40. The van der Waals surface area contributed by atoms with E-state index in [1.807, 2.05) is 13.8 Å². The van der Waals surface area contributed by atoms with Gasteiger partial charge in [-0.1, -0.05) is 40.9 Å². The normalized spacial score (nSPS) is 22.1. The van der Waals surface area contributed by atoms with Crippen molar-refractivity contribution in [2.45, 2.75) is 50.1 Å². The molecular formula is C21H22Cl2N2O3S. The minimum absolute atomic E-state index is 0.113. The molecule has 0 saturated carbocycles. The van der Waals surface area contributed by atoms with Crippen molar-refractivity contribution >= 4 is 44.8 Å². The second kappa shape index (κ2) is 7.58. The molecule has 0 aliphatic carbocycles. The summed E-state index contributed by atoms with van der Waals surface area (Å²) < 4.78 is 27.8. The predicted molar refractivity (Wildman–Crippen MR) is 115 cm³/mol. The first-order chi connectivity index (χ1) is 13.7. The molecule has 0 radical (unpaired) electrons. The average Bonchev–Trinajstić information content (AvgIpc) is 3.30. The standard InChI is InChI=1S/C21H22Cl2N2O3S/c1-13-5-7-15(8-6-13)29(27,28)24-11-3-4-19(24)21(26)25-14(2)12-16-18(25)10-9-17(22)20(16)23/h5-10,14,19H,3-4,11-12H2,1-2H3. The number of carbonyl (C=O) groups excluding carboxylic acids is 1. The first-order valence-corrected chi connectivity index (χ1v) is 11.8. The van der Waals surface area contributed by atoms with Gasteiger partial charge < -0.3 is 4.90 Å². The molecule has 0 spiro atoms. The number of benzene rings is 2. The van der Waals surface area contributed by atoms with Crippen LogP contribution in [0.5, 0.6) is 0 Å². The van der Waals surface area contributed by atoms with E-state index in [9.17, 15) is 13.2 Å². The smallest absolute Gasteiger partial charge is 0.245 e. The second-order valence-electron chi connectivity index (χ2n) is 7.71. The van der Waals surface area contributed by atoms with E-state index in [4.69, 9.17) is 23.2 Å². The van der Waals surface area contributed by atoms with E-state index in [2.05, 4.69) is 0 Å². The second-order valence-corrected chi connectivity index (χ2v) is 10.4. The summed E-state index contributed by atoms with van der Waals surface area (Å²) >= 11 is 12.5. The van der Waals surface area contributed by atoms with Crippen molar-refractivity contribution in [2.24, 2.45) is 0 Å². The topological polar surface area (TPSA) is 57.7 Å². The molecule has 2 unspecified atom stereocenters. The fraction of sp³-hybridized carbons (Fsp3) is 0.381. The highest BCUT2D eigenvalue weighted by atomic mass is 35.5. The summed E-state index contributed by atoms with van der Waals surface area (Å²) in [5.74, 6) is -0.206. The van der Waals surface area contributed by atoms with E-state index in [0.29, 0.717) is 35.9 Å². The van der Waals surface area contributed by atoms with Crippen molar-refractivity contribution < 1.29 is 13.2 Å². The maximum Gasteiger partial charge on any atom is 0.245 e. The van der Waals surface area contributed by atoms with Crippen LogP contribution in [0.2, 0.25) is 10.0 Å². The third-order valence-corrected chi connectivity index (χ3v) is 8.49. The lowest BCUT2D eigenvalue weighted by atomic mass is 10.1. The molecule has 0 N–H and O–H groups in total. The lowest BCUT2D eigenvalue weighted by molar-refractivity contribution is -0.121. The van der Waals surface area contributed by atoms with Crippen LogP contribution >= 0.6 is 23.2 Å². The van der Waals surface area contributed by atoms with Gasteiger partial charge in [-0.2, -0.15) is 4.31 Å². The van der Waals surface area contributed by atoms with Crippen LogP contribution in [-0.2, 0) is 21.2 Å². The van der Waals surface area contributed by atoms with Crippen LogP contribution in [0.3, 0.4) is 0 Å². The number of nitrogens with zero attached hydrogens (tertiary/aromatic N) is 2. The van der Waals surface area contributed by atoms with Crippen molar-refractivity contribution in [3.05, 3.63) is 57.6 Å². The van der Waals surface area contributed by atoms with Crippen LogP contribution < -0.4 is 4.90 Å². The molecule has 2 aliphatic rings. The molecule has 8 heteroatoms. The van der Waals surface area contributed by atoms with E-state index < -0.39 is 16.1 Å². The monoisotopic (exact) mass is 452 g/mol. The van der Waals surface area contributed by atoms with E-state index in [-0.39, 0.29) is 16.8 Å². The Hall–Kier alpha value is -1.60. The molecule has 1 saturated heterocycles. The maximum atomic E-state index is 13.5. The summed E-state index contributed by atoms with van der Waals surface area (Å²) in [5, 5.41) is 0.915. The zero-order valence-electron chi connectivity index (χ0n) is 16.2. The molecule has 154 valence electrons. The summed E-state index contributed by atoms with van der Waals surface area (Å²) in [7, 11) is -3.75. The average molecular weight is 453 g/mol. The lowest BCUT2D eigenvalue weighted by Crippen LogP contribution is -2.49. The minimum atomic E-state index is -3.75. The number of aryl methyl sites for hydroxylation is 1. The van der Waals surface area contributed by atoms with Crippen LogP contribution in [0, 0.1) is 6.92 Å². The minimum Gasteiger partial charge on any atom is -0.308 e. The summed E-state index contributed by atoms with van der Waals surface area (Å²) in [4.78, 5) is 15.4. The molecule has 1 fully saturated rings. The quantitative estimate of drug-likeness (QED) is 0.691. The largest absolute Gasteiger partial charge is 0.308 e. The molecule has 2 aliphatic heterocycles. The number of amides is 1. The van der Waals surface area contributed by atoms with Gasteiger partial charge in [-0.25, -0.2) is 8.42 Å². The van der Waals surface area contributed by atoms with Crippen LogP contribution in [-0.4, -0.2) is 37.3 Å². The zero-order valence-corrected chi connectivity index (χ0v) is 18.6. The van der Waals surface area contributed by atoms with Gasteiger partial charge in [-0.05, 0) is 62.9 Å². The molecule has 4 rings (SSSR count). The van der Waals surface area contributed by atoms with Crippen LogP contribution in [0.1, 0.15) is 30.9 Å². The van der Waals surface area contributed by atoms with Gasteiger partial charge in [0.25, 0.3) is 0 Å². The summed E-state index contributed by atoms with van der Waals surface area (Å²) in [6, 6.07) is 9.37. The number of sulfonamides is 1. The predicted octanol–water partition coefficient (Wildman–Crippen LogP) is 4.43. The van der Waals surface area contributed by atoms with E-state index in [1.54, 1.807) is 41.3 Å². The number of carbonyl (C=O) groups is 1. The van der Waals surface area contributed by atoms with Crippen molar-refractivity contribution in [2.75, 3.05) is 11.4 Å². The number of fused-ring (bicyclic) bond motifs is 1. The Labute approximate surface area is 181 Å². The van der Waals surface area contributed by atoms with E-state index in [0.717, 1.165) is 16.8 Å². The summed E-state index contributed by atoms with van der Waals surface area (Å²) in [6.45, 7) is 4.18. The Morgan fingerprint density at radius 2 is 1.79 bits per heavy atom. The number of rotatable bonds is 3. The molecule has 2 atom stereocenters. The molecule has 1 amide bonds. The van der Waals surface area contributed by atoms with E-state index in [1.165, 1.54) is 4.31 Å². The first-order valence-electron chi connectivity index (χ1n) is 9.60. The van der Waals surface area contributed by atoms with Gasteiger partial charge >= 0.3 is 0 Å². The highest BCUT2D eigenvalue weighted by Crippen LogP contribution is 2.41. The maximum absolute atomic E-state index is 13.5. The Morgan fingerprint density at radius 1 is 1.10 bits per heavy atom. The van der Waals surface area contributed by atoms with Gasteiger partial charge in [-0.3, -0.25) is 4.79 Å². The van der Waals surface area contributed by atoms with Gasteiger partial charge in [-0.15, -0.1) is 0 Å². The molecule has 2 aromatic rings. The molecule has 0 aromatic heterocycles. The fourth-order valence-corrected chi connectivity index (χ4v) is 6.31. The van der Waals surface area contributed by atoms with Crippen molar-refractivity contribution in [1.29, 1.82) is 0 Å². The molecule has 2 aromatic carbocycles. The zero-order chi connectivity index (χ0) is 20.9. The third-order valence-electron chi connectivity index (χ3n) is 5.72. The van der Waals surface area contributed by atoms with Crippen molar-refractivity contribution in [3.63, 3.8) is 0 Å². The summed E-state index contributed by atoms with van der Waals surface area (Å²) in [5.41, 5.74) is 2.54. The molecular weight excluding hydrogens is 431 g/mol. The highest BCUT2D eigenvalue weighted by molar-refractivity contribution is 7.89. The van der Waals surface area contributed by atoms with Crippen molar-refractivity contribution in [3.8, 4) is 0 Å². The number of hydrogen-bond donors (Lipinski definition) is 0. The van der Waals surface area contributed by atoms with Crippen LogP contribution in [0.4, 0.5) is 5.69 Å². The highest BCUT2D eigenvalue weighted by Gasteiger charge is 2.44. The van der Waals surface area contributed by atoms with Crippen LogP contribution in [0.25, 0.3) is 0 Å².